The van der Waals surface area contributed by atoms with Gasteiger partial charge < -0.3 is 9.80 Å². The van der Waals surface area contributed by atoms with E-state index in [-0.39, 0.29) is 0 Å². The molecule has 1 unspecified atom stereocenters. The molecule has 0 N–H and O–H groups in total. The third-order valence-electron chi connectivity index (χ3n) is 9.07. The highest BCUT2D eigenvalue weighted by molar-refractivity contribution is 4.97. The van der Waals surface area contributed by atoms with E-state index in [1.165, 1.54) is 199 Å². The van der Waals surface area contributed by atoms with Crippen molar-refractivity contribution in [1.29, 1.82) is 0 Å². The SMILES string of the molecule is CCCCCCCCCCCCCCCN1C=CN(CCCCCCCC)C1CCCCCCCCCCC. The Morgan fingerprint density at radius 2 is 0.590 bits per heavy atom. The van der Waals surface area contributed by atoms with Crippen LogP contribution in [0.2, 0.25) is 0 Å². The number of nitrogens with zero attached hydrogens (tertiary/aromatic N) is 2. The monoisotopic (exact) mass is 547 g/mol. The molecule has 1 aliphatic rings. The molecule has 0 spiro atoms. The van der Waals surface area contributed by atoms with Crippen molar-refractivity contribution in [2.75, 3.05) is 13.1 Å². The Morgan fingerprint density at radius 3 is 0.897 bits per heavy atom. The molecule has 0 aromatic rings. The quantitative estimate of drug-likeness (QED) is 0.0798. The van der Waals surface area contributed by atoms with Crippen molar-refractivity contribution in [3.8, 4) is 0 Å². The summed E-state index contributed by atoms with van der Waals surface area (Å²) in [4.78, 5) is 5.41. The van der Waals surface area contributed by atoms with E-state index in [4.69, 9.17) is 0 Å². The summed E-state index contributed by atoms with van der Waals surface area (Å²) < 4.78 is 0. The van der Waals surface area contributed by atoms with Crippen LogP contribution in [-0.2, 0) is 0 Å². The minimum Gasteiger partial charge on any atom is -0.356 e. The molecule has 0 saturated carbocycles. The average Bonchev–Trinajstić information content (AvgIpc) is 3.33. The fourth-order valence-corrected chi connectivity index (χ4v) is 6.36. The Hall–Kier alpha value is -0.660. The van der Waals surface area contributed by atoms with Crippen molar-refractivity contribution in [3.05, 3.63) is 12.4 Å². The molecular formula is C37H74N2. The molecule has 1 aliphatic heterocycles. The maximum atomic E-state index is 2.71. The molecule has 0 fully saturated rings. The van der Waals surface area contributed by atoms with Crippen LogP contribution in [-0.4, -0.2) is 29.1 Å². The summed E-state index contributed by atoms with van der Waals surface area (Å²) in [7, 11) is 0. The van der Waals surface area contributed by atoms with Gasteiger partial charge in [-0.3, -0.25) is 0 Å². The van der Waals surface area contributed by atoms with Gasteiger partial charge in [0, 0.05) is 25.5 Å². The zero-order valence-electron chi connectivity index (χ0n) is 27.5. The summed E-state index contributed by atoms with van der Waals surface area (Å²) in [6.07, 6.45) is 46.9. The lowest BCUT2D eigenvalue weighted by molar-refractivity contribution is 0.135. The predicted molar refractivity (Wildman–Crippen MR) is 177 cm³/mol. The fraction of sp³-hybridized carbons (Fsp3) is 0.946. The topological polar surface area (TPSA) is 6.48 Å². The van der Waals surface area contributed by atoms with Crippen molar-refractivity contribution < 1.29 is 0 Å². The third-order valence-corrected chi connectivity index (χ3v) is 9.07. The highest BCUT2D eigenvalue weighted by Crippen LogP contribution is 2.24. The van der Waals surface area contributed by atoms with Gasteiger partial charge in [0.1, 0.15) is 6.17 Å². The van der Waals surface area contributed by atoms with E-state index >= 15 is 0 Å². The first-order valence-corrected chi connectivity index (χ1v) is 18.5. The Balaban J connectivity index is 2.19. The first-order valence-electron chi connectivity index (χ1n) is 18.5. The van der Waals surface area contributed by atoms with Gasteiger partial charge >= 0.3 is 0 Å². The van der Waals surface area contributed by atoms with Crippen LogP contribution in [0.1, 0.15) is 207 Å². The molecule has 1 rings (SSSR count). The van der Waals surface area contributed by atoms with E-state index in [9.17, 15) is 0 Å². The van der Waals surface area contributed by atoms with Gasteiger partial charge in [-0.2, -0.15) is 0 Å². The van der Waals surface area contributed by atoms with Gasteiger partial charge in [0.25, 0.3) is 0 Å². The minimum atomic E-state index is 0.641. The van der Waals surface area contributed by atoms with Crippen LogP contribution >= 0.6 is 0 Å². The maximum Gasteiger partial charge on any atom is 0.101 e. The predicted octanol–water partition coefficient (Wildman–Crippen LogP) is 12.8. The summed E-state index contributed by atoms with van der Waals surface area (Å²) in [6.45, 7) is 9.47. The molecule has 0 radical (unpaired) electrons. The summed E-state index contributed by atoms with van der Waals surface area (Å²) >= 11 is 0. The second-order valence-electron chi connectivity index (χ2n) is 12.9. The summed E-state index contributed by atoms with van der Waals surface area (Å²) in [5.41, 5.74) is 0. The highest BCUT2D eigenvalue weighted by atomic mass is 15.4. The Morgan fingerprint density at radius 1 is 0.333 bits per heavy atom. The van der Waals surface area contributed by atoms with Crippen molar-refractivity contribution in [3.63, 3.8) is 0 Å². The molecule has 0 amide bonds. The lowest BCUT2D eigenvalue weighted by Crippen LogP contribution is -2.39. The minimum absolute atomic E-state index is 0.641. The largest absolute Gasteiger partial charge is 0.356 e. The number of hydrogen-bond donors (Lipinski definition) is 0. The molecule has 0 bridgehead atoms. The van der Waals surface area contributed by atoms with Gasteiger partial charge in [0.15, 0.2) is 0 Å². The smallest absolute Gasteiger partial charge is 0.101 e. The zero-order valence-corrected chi connectivity index (χ0v) is 27.5. The van der Waals surface area contributed by atoms with Gasteiger partial charge in [0.2, 0.25) is 0 Å². The van der Waals surface area contributed by atoms with Crippen LogP contribution < -0.4 is 0 Å². The molecule has 0 aliphatic carbocycles. The molecule has 0 aromatic heterocycles. The van der Waals surface area contributed by atoms with Crippen LogP contribution in [0, 0.1) is 0 Å². The maximum absolute atomic E-state index is 2.71. The molecule has 2 nitrogen and oxygen atoms in total. The average molecular weight is 547 g/mol. The lowest BCUT2D eigenvalue weighted by Gasteiger charge is -2.33. The van der Waals surface area contributed by atoms with Gasteiger partial charge in [-0.05, 0) is 25.7 Å². The number of hydrogen-bond acceptors (Lipinski definition) is 2. The first kappa shape index (κ1) is 36.4. The van der Waals surface area contributed by atoms with Crippen LogP contribution in [0.5, 0.6) is 0 Å². The first-order chi connectivity index (χ1) is 19.3. The Kier molecular flexibility index (Phi) is 26.9. The second-order valence-corrected chi connectivity index (χ2v) is 12.9. The fourth-order valence-electron chi connectivity index (χ4n) is 6.36. The van der Waals surface area contributed by atoms with Gasteiger partial charge in [-0.25, -0.2) is 0 Å². The van der Waals surface area contributed by atoms with E-state index in [1.807, 2.05) is 0 Å². The van der Waals surface area contributed by atoms with Gasteiger partial charge in [-0.15, -0.1) is 0 Å². The Labute approximate surface area is 248 Å². The van der Waals surface area contributed by atoms with Crippen LogP contribution in [0.4, 0.5) is 0 Å². The van der Waals surface area contributed by atoms with Crippen molar-refractivity contribution in [2.24, 2.45) is 0 Å². The van der Waals surface area contributed by atoms with E-state index in [2.05, 4.69) is 43.0 Å². The third kappa shape index (κ3) is 21.7. The number of unbranched alkanes of at least 4 members (excludes halogenated alkanes) is 25. The summed E-state index contributed by atoms with van der Waals surface area (Å²) in [5, 5.41) is 0. The zero-order chi connectivity index (χ0) is 28.1. The van der Waals surface area contributed by atoms with Crippen LogP contribution in [0.15, 0.2) is 12.4 Å². The second kappa shape index (κ2) is 28.9. The van der Waals surface area contributed by atoms with Crippen molar-refractivity contribution in [1.82, 2.24) is 9.80 Å². The Bertz CT molecular complexity index is 502. The van der Waals surface area contributed by atoms with Crippen molar-refractivity contribution in [2.45, 2.75) is 213 Å². The lowest BCUT2D eigenvalue weighted by atomic mass is 10.0. The van der Waals surface area contributed by atoms with Gasteiger partial charge in [-0.1, -0.05) is 181 Å². The highest BCUT2D eigenvalue weighted by Gasteiger charge is 2.24. The molecule has 39 heavy (non-hydrogen) atoms. The van der Waals surface area contributed by atoms with Crippen molar-refractivity contribution >= 4 is 0 Å². The standard InChI is InChI=1S/C37H74N2/c1-4-7-10-13-16-18-19-20-21-23-25-28-31-34-39-36-35-38(33-30-27-15-12-9-6-3)37(39)32-29-26-24-22-17-14-11-8-5-2/h35-37H,4-34H2,1-3H3. The van der Waals surface area contributed by atoms with Crippen LogP contribution in [0.25, 0.3) is 0 Å². The van der Waals surface area contributed by atoms with E-state index in [1.54, 1.807) is 0 Å². The van der Waals surface area contributed by atoms with E-state index < -0.39 is 0 Å². The molecule has 1 heterocycles. The van der Waals surface area contributed by atoms with Gasteiger partial charge in [0.05, 0.1) is 0 Å². The van der Waals surface area contributed by atoms with E-state index in [0.29, 0.717) is 6.17 Å². The summed E-state index contributed by atoms with van der Waals surface area (Å²) in [5.74, 6) is 0. The molecule has 232 valence electrons. The van der Waals surface area contributed by atoms with E-state index in [0.717, 1.165) is 0 Å². The molecule has 0 saturated heterocycles. The molecule has 2 heteroatoms. The molecule has 0 aromatic carbocycles. The normalized spacial score (nSPS) is 15.2. The van der Waals surface area contributed by atoms with Crippen LogP contribution in [0.3, 0.4) is 0 Å². The number of rotatable bonds is 31. The molecular weight excluding hydrogens is 472 g/mol. The molecule has 1 atom stereocenters. The summed E-state index contributed by atoms with van der Waals surface area (Å²) in [6, 6.07) is 0.